The largest absolute Gasteiger partial charge is 0.481 e. The molecular formula is C13H20N2O4. The average molecular weight is 268 g/mol. The minimum atomic E-state index is -0.884. The maximum atomic E-state index is 12.5. The van der Waals surface area contributed by atoms with Crippen LogP contribution in [0.5, 0.6) is 0 Å². The standard InChI is InChI=1S/C13H20N2O4/c1-14(11-7-19-6-10(11)12(16)17)13(18)15-5-8-2-3-9(15)4-8/h8-11H,2-7H2,1H3,(H,16,17). The van der Waals surface area contributed by atoms with Gasteiger partial charge in [0.25, 0.3) is 0 Å². The summed E-state index contributed by atoms with van der Waals surface area (Å²) in [5, 5.41) is 9.15. The van der Waals surface area contributed by atoms with Crippen molar-refractivity contribution in [1.82, 2.24) is 9.80 Å². The first-order valence-corrected chi connectivity index (χ1v) is 6.92. The second kappa shape index (κ2) is 4.67. The zero-order valence-corrected chi connectivity index (χ0v) is 11.1. The van der Waals surface area contributed by atoms with Gasteiger partial charge in [-0.15, -0.1) is 0 Å². The van der Waals surface area contributed by atoms with Gasteiger partial charge in [-0.3, -0.25) is 4.79 Å². The van der Waals surface area contributed by atoms with E-state index < -0.39 is 11.9 Å². The lowest BCUT2D eigenvalue weighted by Gasteiger charge is -2.34. The van der Waals surface area contributed by atoms with Crippen LogP contribution in [0.3, 0.4) is 0 Å². The number of ether oxygens (including phenoxy) is 1. The molecule has 4 atom stereocenters. The van der Waals surface area contributed by atoms with Crippen LogP contribution in [0.2, 0.25) is 0 Å². The molecule has 2 heterocycles. The topological polar surface area (TPSA) is 70.1 Å². The van der Waals surface area contributed by atoms with Crippen LogP contribution < -0.4 is 0 Å². The number of aliphatic carboxylic acids is 1. The van der Waals surface area contributed by atoms with E-state index in [4.69, 9.17) is 9.84 Å². The number of carbonyl (C=O) groups is 2. The third-order valence-electron chi connectivity index (χ3n) is 4.82. The van der Waals surface area contributed by atoms with Gasteiger partial charge in [0.05, 0.1) is 19.3 Å². The first-order valence-electron chi connectivity index (χ1n) is 6.92. The zero-order chi connectivity index (χ0) is 13.6. The number of nitrogens with zero attached hydrogens (tertiary/aromatic N) is 2. The van der Waals surface area contributed by atoms with Crippen molar-refractivity contribution >= 4 is 12.0 Å². The molecule has 2 saturated heterocycles. The van der Waals surface area contributed by atoms with Crippen molar-refractivity contribution in [2.45, 2.75) is 31.3 Å². The summed E-state index contributed by atoms with van der Waals surface area (Å²) in [6.07, 6.45) is 3.43. The quantitative estimate of drug-likeness (QED) is 0.797. The van der Waals surface area contributed by atoms with Crippen LogP contribution in [0, 0.1) is 11.8 Å². The molecule has 1 aliphatic carbocycles. The van der Waals surface area contributed by atoms with Gasteiger partial charge < -0.3 is 19.6 Å². The number of likely N-dealkylation sites (tertiary alicyclic amines) is 1. The van der Waals surface area contributed by atoms with Crippen molar-refractivity contribution in [3.8, 4) is 0 Å². The van der Waals surface area contributed by atoms with Gasteiger partial charge in [-0.25, -0.2) is 4.79 Å². The molecule has 106 valence electrons. The number of amides is 2. The molecule has 6 nitrogen and oxygen atoms in total. The van der Waals surface area contributed by atoms with Crippen LogP contribution in [0.1, 0.15) is 19.3 Å². The first kappa shape index (κ1) is 12.7. The summed E-state index contributed by atoms with van der Waals surface area (Å²) in [5.41, 5.74) is 0. The van der Waals surface area contributed by atoms with Crippen molar-refractivity contribution in [2.24, 2.45) is 11.8 Å². The Kier molecular flexibility index (Phi) is 3.12. The van der Waals surface area contributed by atoms with Gasteiger partial charge in [0, 0.05) is 19.6 Å². The van der Waals surface area contributed by atoms with Gasteiger partial charge in [0.15, 0.2) is 0 Å². The Morgan fingerprint density at radius 1 is 1.32 bits per heavy atom. The molecule has 1 N–H and O–H groups in total. The highest BCUT2D eigenvalue weighted by atomic mass is 16.5. The Hall–Kier alpha value is -1.30. The van der Waals surface area contributed by atoms with Gasteiger partial charge >= 0.3 is 12.0 Å². The Morgan fingerprint density at radius 2 is 2.11 bits per heavy atom. The average Bonchev–Trinajstić information content (AvgIpc) is 3.11. The minimum Gasteiger partial charge on any atom is -0.481 e. The molecule has 2 aliphatic heterocycles. The van der Waals surface area contributed by atoms with Gasteiger partial charge in [-0.1, -0.05) is 0 Å². The fourth-order valence-corrected chi connectivity index (χ4v) is 3.66. The highest BCUT2D eigenvalue weighted by Crippen LogP contribution is 2.38. The summed E-state index contributed by atoms with van der Waals surface area (Å²) in [5.74, 6) is -0.837. The molecule has 0 aromatic carbocycles. The van der Waals surface area contributed by atoms with Gasteiger partial charge in [-0.05, 0) is 25.2 Å². The van der Waals surface area contributed by atoms with E-state index in [2.05, 4.69) is 0 Å². The van der Waals surface area contributed by atoms with Crippen LogP contribution in [0.4, 0.5) is 4.79 Å². The van der Waals surface area contributed by atoms with Crippen molar-refractivity contribution in [3.63, 3.8) is 0 Å². The SMILES string of the molecule is CN(C(=O)N1CC2CCC1C2)C1COCC1C(=O)O. The molecule has 6 heteroatoms. The van der Waals surface area contributed by atoms with Crippen LogP contribution in [-0.2, 0) is 9.53 Å². The highest BCUT2D eigenvalue weighted by molar-refractivity contribution is 5.78. The number of urea groups is 1. The predicted octanol–water partition coefficient (Wildman–Crippen LogP) is 0.622. The first-order chi connectivity index (χ1) is 9.08. The van der Waals surface area contributed by atoms with E-state index in [9.17, 15) is 9.59 Å². The summed E-state index contributed by atoms with van der Waals surface area (Å²) >= 11 is 0. The summed E-state index contributed by atoms with van der Waals surface area (Å²) in [6, 6.07) is -0.0105. The number of rotatable bonds is 2. The number of hydrogen-bond acceptors (Lipinski definition) is 3. The molecule has 0 spiro atoms. The molecule has 2 amide bonds. The molecule has 19 heavy (non-hydrogen) atoms. The van der Waals surface area contributed by atoms with Gasteiger partial charge in [-0.2, -0.15) is 0 Å². The predicted molar refractivity (Wildman–Crippen MR) is 66.7 cm³/mol. The van der Waals surface area contributed by atoms with E-state index in [0.717, 1.165) is 19.4 Å². The second-order valence-corrected chi connectivity index (χ2v) is 5.93. The zero-order valence-electron chi connectivity index (χ0n) is 11.1. The van der Waals surface area contributed by atoms with Crippen LogP contribution >= 0.6 is 0 Å². The molecule has 0 aromatic heterocycles. The smallest absolute Gasteiger partial charge is 0.320 e. The second-order valence-electron chi connectivity index (χ2n) is 5.93. The lowest BCUT2D eigenvalue weighted by atomic mass is 10.0. The van der Waals surface area contributed by atoms with E-state index in [1.807, 2.05) is 4.90 Å². The van der Waals surface area contributed by atoms with Crippen molar-refractivity contribution in [1.29, 1.82) is 0 Å². The summed E-state index contributed by atoms with van der Waals surface area (Å²) in [6.45, 7) is 1.35. The summed E-state index contributed by atoms with van der Waals surface area (Å²) in [4.78, 5) is 27.1. The van der Waals surface area contributed by atoms with Crippen LogP contribution in [0.15, 0.2) is 0 Å². The maximum Gasteiger partial charge on any atom is 0.320 e. The van der Waals surface area contributed by atoms with Crippen molar-refractivity contribution in [2.75, 3.05) is 26.8 Å². The van der Waals surface area contributed by atoms with Gasteiger partial charge in [0.2, 0.25) is 0 Å². The van der Waals surface area contributed by atoms with Crippen molar-refractivity contribution in [3.05, 3.63) is 0 Å². The Labute approximate surface area is 112 Å². The van der Waals surface area contributed by atoms with Crippen LogP contribution in [-0.4, -0.2) is 65.8 Å². The number of carboxylic acid groups (broad SMARTS) is 1. The van der Waals surface area contributed by atoms with E-state index >= 15 is 0 Å². The molecule has 3 fully saturated rings. The summed E-state index contributed by atoms with van der Waals surface area (Å²) < 4.78 is 5.23. The number of carbonyl (C=O) groups excluding carboxylic acids is 1. The monoisotopic (exact) mass is 268 g/mol. The number of hydrogen-bond donors (Lipinski definition) is 1. The van der Waals surface area contributed by atoms with E-state index in [0.29, 0.717) is 18.6 Å². The third-order valence-corrected chi connectivity index (χ3v) is 4.82. The summed E-state index contributed by atoms with van der Waals surface area (Å²) in [7, 11) is 1.70. The molecule has 1 saturated carbocycles. The number of carboxylic acids is 1. The minimum absolute atomic E-state index is 0.0334. The lowest BCUT2D eigenvalue weighted by Crippen LogP contribution is -2.51. The Bertz CT molecular complexity index is 400. The maximum absolute atomic E-state index is 12.5. The molecular weight excluding hydrogens is 248 g/mol. The highest BCUT2D eigenvalue weighted by Gasteiger charge is 2.44. The van der Waals surface area contributed by atoms with E-state index in [1.165, 1.54) is 6.42 Å². The molecule has 2 bridgehead atoms. The normalized spacial score (nSPS) is 36.8. The molecule has 3 rings (SSSR count). The van der Waals surface area contributed by atoms with Crippen LogP contribution in [0.25, 0.3) is 0 Å². The molecule has 0 radical (unpaired) electrons. The molecule has 4 unspecified atom stereocenters. The molecule has 0 aromatic rings. The van der Waals surface area contributed by atoms with Gasteiger partial charge in [0.1, 0.15) is 5.92 Å². The van der Waals surface area contributed by atoms with E-state index in [-0.39, 0.29) is 18.7 Å². The number of fused-ring (bicyclic) bond motifs is 2. The fraction of sp³-hybridized carbons (Fsp3) is 0.846. The lowest BCUT2D eigenvalue weighted by molar-refractivity contribution is -0.142. The molecule has 3 aliphatic rings. The number of likely N-dealkylation sites (N-methyl/N-ethyl adjacent to an activating group) is 1. The van der Waals surface area contributed by atoms with E-state index in [1.54, 1.807) is 11.9 Å². The third kappa shape index (κ3) is 2.08. The Balaban J connectivity index is 1.68. The Morgan fingerprint density at radius 3 is 2.68 bits per heavy atom. The van der Waals surface area contributed by atoms with Crippen molar-refractivity contribution < 1.29 is 19.4 Å². The number of piperidine rings is 1. The fourth-order valence-electron chi connectivity index (χ4n) is 3.66.